The molecule has 8 nitrogen and oxygen atoms in total. The summed E-state index contributed by atoms with van der Waals surface area (Å²) in [5, 5.41) is 8.99. The number of carbonyl (C=O) groups excluding carboxylic acids is 2. The van der Waals surface area contributed by atoms with E-state index in [-0.39, 0.29) is 24.5 Å². The molecule has 0 aliphatic carbocycles. The van der Waals surface area contributed by atoms with Crippen LogP contribution in [0.4, 0.5) is 10.6 Å². The summed E-state index contributed by atoms with van der Waals surface area (Å²) in [6, 6.07) is 5.30. The van der Waals surface area contributed by atoms with E-state index in [4.69, 9.17) is 5.26 Å². The number of nitriles is 1. The van der Waals surface area contributed by atoms with Crippen LogP contribution in [0, 0.1) is 11.3 Å². The Hall–Kier alpha value is -2.66. The van der Waals surface area contributed by atoms with Crippen LogP contribution in [0.3, 0.4) is 0 Å². The van der Waals surface area contributed by atoms with Gasteiger partial charge in [-0.2, -0.15) is 5.26 Å². The number of aromatic nitrogens is 1. The molecular weight excluding hydrogens is 320 g/mol. The number of carbonyl (C=O) groups is 2. The van der Waals surface area contributed by atoms with E-state index in [1.54, 1.807) is 23.2 Å². The monoisotopic (exact) mass is 342 g/mol. The normalized spacial score (nSPS) is 19.0. The van der Waals surface area contributed by atoms with Gasteiger partial charge in [-0.05, 0) is 26.0 Å². The van der Waals surface area contributed by atoms with E-state index in [0.717, 1.165) is 32.0 Å². The summed E-state index contributed by atoms with van der Waals surface area (Å²) in [7, 11) is 0. The molecule has 1 aromatic heterocycles. The zero-order valence-corrected chi connectivity index (χ0v) is 14.6. The predicted octanol–water partition coefficient (Wildman–Crippen LogP) is 0.705. The first-order valence-electron chi connectivity index (χ1n) is 8.44. The van der Waals surface area contributed by atoms with Gasteiger partial charge >= 0.3 is 6.03 Å². The van der Waals surface area contributed by atoms with Crippen LogP contribution in [0.25, 0.3) is 0 Å². The van der Waals surface area contributed by atoms with Gasteiger partial charge < -0.3 is 9.80 Å². The lowest BCUT2D eigenvalue weighted by molar-refractivity contribution is -0.126. The number of urea groups is 1. The van der Waals surface area contributed by atoms with Crippen molar-refractivity contribution in [3.05, 3.63) is 23.9 Å². The summed E-state index contributed by atoms with van der Waals surface area (Å²) in [5.74, 6) is 0.674. The number of amides is 3. The largest absolute Gasteiger partial charge is 0.354 e. The van der Waals surface area contributed by atoms with Gasteiger partial charge in [0.1, 0.15) is 12.4 Å². The molecule has 2 saturated heterocycles. The minimum atomic E-state index is -0.203. The number of hydrogen-bond acceptors (Lipinski definition) is 6. The van der Waals surface area contributed by atoms with Gasteiger partial charge in [-0.25, -0.2) is 9.78 Å². The number of piperazine rings is 1. The van der Waals surface area contributed by atoms with Crippen molar-refractivity contribution >= 4 is 17.8 Å². The van der Waals surface area contributed by atoms with E-state index in [1.165, 1.54) is 4.90 Å². The third-order valence-corrected chi connectivity index (χ3v) is 4.53. The average Bonchev–Trinajstić information content (AvgIpc) is 2.89. The Balaban J connectivity index is 1.56. The first kappa shape index (κ1) is 17.2. The fourth-order valence-electron chi connectivity index (χ4n) is 3.21. The lowest BCUT2D eigenvalue weighted by Crippen LogP contribution is -2.51. The van der Waals surface area contributed by atoms with Gasteiger partial charge in [0, 0.05) is 38.4 Å². The molecule has 0 spiro atoms. The number of imide groups is 1. The summed E-state index contributed by atoms with van der Waals surface area (Å²) in [6.07, 6.45) is 1.65. The highest BCUT2D eigenvalue weighted by Gasteiger charge is 2.38. The zero-order chi connectivity index (χ0) is 18.0. The smallest absolute Gasteiger partial charge is 0.328 e. The number of rotatable bonds is 4. The maximum Gasteiger partial charge on any atom is 0.328 e. The molecule has 2 fully saturated rings. The Morgan fingerprint density at radius 1 is 1.24 bits per heavy atom. The standard InChI is InChI=1S/C17H22N6O2/c1-13(2)23-16(24)11-22(17(23)25)12-20-5-7-21(8-6-20)15-9-14(10-18)3-4-19-15/h3-4,9,13H,5-8,11-12H2,1-2H3. The van der Waals surface area contributed by atoms with Gasteiger partial charge in [0.25, 0.3) is 5.91 Å². The van der Waals surface area contributed by atoms with E-state index in [1.807, 2.05) is 13.8 Å². The number of pyridine rings is 1. The first-order chi connectivity index (χ1) is 12.0. The van der Waals surface area contributed by atoms with Crippen LogP contribution in [0.2, 0.25) is 0 Å². The molecule has 0 unspecified atom stereocenters. The molecule has 25 heavy (non-hydrogen) atoms. The van der Waals surface area contributed by atoms with Gasteiger partial charge in [-0.15, -0.1) is 0 Å². The molecule has 0 N–H and O–H groups in total. The molecular formula is C17H22N6O2. The maximum absolute atomic E-state index is 12.3. The summed E-state index contributed by atoms with van der Waals surface area (Å²) >= 11 is 0. The van der Waals surface area contributed by atoms with Crippen LogP contribution in [-0.4, -0.2) is 77.1 Å². The maximum atomic E-state index is 12.3. The summed E-state index contributed by atoms with van der Waals surface area (Å²) in [6.45, 7) is 7.41. The fraction of sp³-hybridized carbons (Fsp3) is 0.529. The lowest BCUT2D eigenvalue weighted by atomic mass is 10.2. The molecule has 0 saturated carbocycles. The van der Waals surface area contributed by atoms with Crippen LogP contribution in [-0.2, 0) is 4.79 Å². The highest BCUT2D eigenvalue weighted by Crippen LogP contribution is 2.17. The van der Waals surface area contributed by atoms with Gasteiger partial charge in [-0.1, -0.05) is 0 Å². The molecule has 3 heterocycles. The van der Waals surface area contributed by atoms with Crippen LogP contribution in [0.15, 0.2) is 18.3 Å². The second-order valence-electron chi connectivity index (χ2n) is 6.60. The highest BCUT2D eigenvalue weighted by molar-refractivity contribution is 6.02. The summed E-state index contributed by atoms with van der Waals surface area (Å²) in [5.41, 5.74) is 0.599. The van der Waals surface area contributed by atoms with Crippen molar-refractivity contribution in [2.24, 2.45) is 0 Å². The van der Waals surface area contributed by atoms with E-state index in [9.17, 15) is 9.59 Å². The third kappa shape index (κ3) is 3.56. The van der Waals surface area contributed by atoms with E-state index in [0.29, 0.717) is 12.2 Å². The Morgan fingerprint density at radius 3 is 2.56 bits per heavy atom. The minimum Gasteiger partial charge on any atom is -0.354 e. The summed E-state index contributed by atoms with van der Waals surface area (Å²) < 4.78 is 0. The van der Waals surface area contributed by atoms with Crippen LogP contribution >= 0.6 is 0 Å². The SMILES string of the molecule is CC(C)N1C(=O)CN(CN2CCN(c3cc(C#N)ccn3)CC2)C1=O. The molecule has 1 aromatic rings. The molecule has 0 aromatic carbocycles. The molecule has 132 valence electrons. The lowest BCUT2D eigenvalue weighted by Gasteiger charge is -2.36. The molecule has 2 aliphatic rings. The van der Waals surface area contributed by atoms with Crippen molar-refractivity contribution < 1.29 is 9.59 Å². The predicted molar refractivity (Wildman–Crippen MR) is 91.7 cm³/mol. The minimum absolute atomic E-state index is 0.111. The second kappa shape index (κ2) is 7.07. The van der Waals surface area contributed by atoms with E-state index in [2.05, 4.69) is 20.9 Å². The fourth-order valence-corrected chi connectivity index (χ4v) is 3.21. The van der Waals surface area contributed by atoms with Gasteiger partial charge in [0.05, 0.1) is 18.3 Å². The van der Waals surface area contributed by atoms with Crippen molar-refractivity contribution in [1.29, 1.82) is 5.26 Å². The third-order valence-electron chi connectivity index (χ3n) is 4.53. The van der Waals surface area contributed by atoms with Gasteiger partial charge in [0.2, 0.25) is 0 Å². The molecule has 0 atom stereocenters. The number of nitrogens with zero attached hydrogens (tertiary/aromatic N) is 6. The molecule has 3 rings (SSSR count). The Bertz CT molecular complexity index is 705. The number of anilines is 1. The molecule has 0 bridgehead atoms. The van der Waals surface area contributed by atoms with Crippen LogP contribution in [0.5, 0.6) is 0 Å². The highest BCUT2D eigenvalue weighted by atomic mass is 16.2. The van der Waals surface area contributed by atoms with Crippen molar-refractivity contribution in [3.63, 3.8) is 0 Å². The zero-order valence-electron chi connectivity index (χ0n) is 14.6. The summed E-state index contributed by atoms with van der Waals surface area (Å²) in [4.78, 5) is 35.9. The van der Waals surface area contributed by atoms with Crippen molar-refractivity contribution in [2.45, 2.75) is 19.9 Å². The Labute approximate surface area is 147 Å². The van der Waals surface area contributed by atoms with Crippen molar-refractivity contribution in [3.8, 4) is 6.07 Å². The molecule has 8 heteroatoms. The number of hydrogen-bond donors (Lipinski definition) is 0. The van der Waals surface area contributed by atoms with E-state index < -0.39 is 0 Å². The molecule has 2 aliphatic heterocycles. The van der Waals surface area contributed by atoms with Gasteiger partial charge in [-0.3, -0.25) is 14.6 Å². The quantitative estimate of drug-likeness (QED) is 0.749. The van der Waals surface area contributed by atoms with Crippen molar-refractivity contribution in [2.75, 3.05) is 44.3 Å². The first-order valence-corrected chi connectivity index (χ1v) is 8.44. The average molecular weight is 342 g/mol. The Morgan fingerprint density at radius 2 is 1.96 bits per heavy atom. The van der Waals surface area contributed by atoms with E-state index >= 15 is 0 Å². The van der Waals surface area contributed by atoms with Crippen LogP contribution < -0.4 is 4.90 Å². The molecule has 0 radical (unpaired) electrons. The van der Waals surface area contributed by atoms with Crippen molar-refractivity contribution in [1.82, 2.24) is 19.7 Å². The second-order valence-corrected chi connectivity index (χ2v) is 6.60. The van der Waals surface area contributed by atoms with Crippen LogP contribution in [0.1, 0.15) is 19.4 Å². The topological polar surface area (TPSA) is 83.8 Å². The molecule has 3 amide bonds. The Kier molecular flexibility index (Phi) is 4.86. The van der Waals surface area contributed by atoms with Gasteiger partial charge in [0.15, 0.2) is 0 Å².